The third kappa shape index (κ3) is 3.68. The zero-order valence-corrected chi connectivity index (χ0v) is 16.2. The maximum absolute atomic E-state index is 12.8. The lowest BCUT2D eigenvalue weighted by atomic mass is 10.0. The summed E-state index contributed by atoms with van der Waals surface area (Å²) >= 11 is 0. The molecule has 1 amide bonds. The molecule has 146 valence electrons. The topological polar surface area (TPSA) is 94.9 Å². The number of hydrogen-bond donors (Lipinski definition) is 1. The van der Waals surface area contributed by atoms with Crippen molar-refractivity contribution in [3.8, 4) is 5.69 Å². The van der Waals surface area contributed by atoms with Crippen molar-refractivity contribution in [3.63, 3.8) is 0 Å². The van der Waals surface area contributed by atoms with Crippen molar-refractivity contribution in [1.29, 1.82) is 0 Å². The fourth-order valence-corrected chi connectivity index (χ4v) is 3.45. The lowest BCUT2D eigenvalue weighted by Gasteiger charge is -2.32. The number of imidazole rings is 1. The fourth-order valence-electron chi connectivity index (χ4n) is 3.45. The number of carbonyl (C=O) groups excluding carboxylic acids is 1. The van der Waals surface area contributed by atoms with Crippen LogP contribution in [0.2, 0.25) is 0 Å². The average Bonchev–Trinajstić information content (AvgIpc) is 3.39. The molecule has 0 bridgehead atoms. The van der Waals surface area contributed by atoms with Crippen LogP contribution in [0.15, 0.2) is 49.2 Å². The number of carbonyl (C=O) groups is 1. The van der Waals surface area contributed by atoms with E-state index in [-0.39, 0.29) is 11.9 Å². The lowest BCUT2D eigenvalue weighted by Crippen LogP contribution is -2.39. The molecule has 3 aromatic rings. The van der Waals surface area contributed by atoms with Gasteiger partial charge in [-0.3, -0.25) is 4.79 Å². The molecule has 4 rings (SSSR count). The van der Waals surface area contributed by atoms with Crippen LogP contribution >= 0.6 is 0 Å². The highest BCUT2D eigenvalue weighted by molar-refractivity contribution is 5.94. The number of rotatable bonds is 4. The normalized spacial score (nSPS) is 15.8. The van der Waals surface area contributed by atoms with Gasteiger partial charge in [0.15, 0.2) is 0 Å². The summed E-state index contributed by atoms with van der Waals surface area (Å²) in [6.07, 6.45) is 8.98. The Morgan fingerprint density at radius 3 is 2.46 bits per heavy atom. The zero-order chi connectivity index (χ0) is 19.7. The van der Waals surface area contributed by atoms with E-state index in [0.29, 0.717) is 18.7 Å². The number of amides is 1. The molecule has 2 N–H and O–H groups in total. The standard InChI is InChI=1S/C20H25N7O/c1-20(2,21)18-13-27(24-23-18)17-7-10-25(11-8-17)19(28)15-3-5-16(6-4-15)26-12-9-22-14-26/h3-6,9,12-14,17H,7-8,10-11,21H2,1-2H3. The van der Waals surface area contributed by atoms with E-state index in [2.05, 4.69) is 15.3 Å². The average molecular weight is 379 g/mol. The van der Waals surface area contributed by atoms with Crippen LogP contribution < -0.4 is 5.73 Å². The van der Waals surface area contributed by atoms with Crippen molar-refractivity contribution >= 4 is 5.91 Å². The summed E-state index contributed by atoms with van der Waals surface area (Å²) in [6.45, 7) is 5.24. The predicted molar refractivity (Wildman–Crippen MR) is 105 cm³/mol. The summed E-state index contributed by atoms with van der Waals surface area (Å²) in [5.74, 6) is 0.0676. The maximum Gasteiger partial charge on any atom is 0.253 e. The van der Waals surface area contributed by atoms with E-state index < -0.39 is 5.54 Å². The number of piperidine rings is 1. The van der Waals surface area contributed by atoms with E-state index in [9.17, 15) is 4.79 Å². The molecule has 0 spiro atoms. The summed E-state index contributed by atoms with van der Waals surface area (Å²) in [6, 6.07) is 7.87. The number of aromatic nitrogens is 5. The molecule has 1 saturated heterocycles. The van der Waals surface area contributed by atoms with E-state index in [0.717, 1.165) is 24.2 Å². The lowest BCUT2D eigenvalue weighted by molar-refractivity contribution is 0.0689. The monoisotopic (exact) mass is 379 g/mol. The smallest absolute Gasteiger partial charge is 0.253 e. The Morgan fingerprint density at radius 1 is 1.18 bits per heavy atom. The Kier molecular flexibility index (Phi) is 4.72. The molecule has 8 heteroatoms. The number of nitrogens with two attached hydrogens (primary N) is 1. The third-order valence-corrected chi connectivity index (χ3v) is 5.21. The van der Waals surface area contributed by atoms with E-state index in [1.165, 1.54) is 0 Å². The largest absolute Gasteiger partial charge is 0.338 e. The minimum Gasteiger partial charge on any atom is -0.338 e. The molecular weight excluding hydrogens is 354 g/mol. The summed E-state index contributed by atoms with van der Waals surface area (Å²) in [5.41, 5.74) is 8.06. The molecule has 1 fully saturated rings. The van der Waals surface area contributed by atoms with Crippen molar-refractivity contribution in [2.75, 3.05) is 13.1 Å². The van der Waals surface area contributed by atoms with Crippen LogP contribution in [-0.4, -0.2) is 48.4 Å². The molecule has 0 aliphatic carbocycles. The highest BCUT2D eigenvalue weighted by Crippen LogP contribution is 2.24. The Balaban J connectivity index is 1.38. The van der Waals surface area contributed by atoms with Gasteiger partial charge >= 0.3 is 0 Å². The van der Waals surface area contributed by atoms with Crippen molar-refractivity contribution in [2.24, 2.45) is 5.73 Å². The van der Waals surface area contributed by atoms with E-state index in [1.807, 2.05) is 64.7 Å². The van der Waals surface area contributed by atoms with E-state index in [4.69, 9.17) is 5.73 Å². The highest BCUT2D eigenvalue weighted by atomic mass is 16.2. The van der Waals surface area contributed by atoms with Crippen molar-refractivity contribution in [3.05, 3.63) is 60.4 Å². The number of benzene rings is 1. The van der Waals surface area contributed by atoms with Gasteiger partial charge in [0, 0.05) is 36.7 Å². The summed E-state index contributed by atoms with van der Waals surface area (Å²) in [5, 5.41) is 8.44. The van der Waals surface area contributed by atoms with Crippen molar-refractivity contribution in [2.45, 2.75) is 38.3 Å². The highest BCUT2D eigenvalue weighted by Gasteiger charge is 2.27. The molecule has 8 nitrogen and oxygen atoms in total. The van der Waals surface area contributed by atoms with Gasteiger partial charge in [0.2, 0.25) is 0 Å². The van der Waals surface area contributed by atoms with Gasteiger partial charge in [0.25, 0.3) is 5.91 Å². The summed E-state index contributed by atoms with van der Waals surface area (Å²) in [4.78, 5) is 18.8. The SMILES string of the molecule is CC(C)(N)c1cn(C2CCN(C(=O)c3ccc(-n4ccnc4)cc3)CC2)nn1. The molecule has 3 heterocycles. The van der Waals surface area contributed by atoms with Gasteiger partial charge in [0.1, 0.15) is 5.69 Å². The first-order valence-electron chi connectivity index (χ1n) is 9.51. The van der Waals surface area contributed by atoms with Crippen LogP contribution in [0.3, 0.4) is 0 Å². The van der Waals surface area contributed by atoms with Crippen molar-refractivity contribution in [1.82, 2.24) is 29.4 Å². The van der Waals surface area contributed by atoms with Crippen LogP contribution in [0.4, 0.5) is 0 Å². The van der Waals surface area contributed by atoms with Gasteiger partial charge in [0.05, 0.1) is 24.1 Å². The first-order valence-corrected chi connectivity index (χ1v) is 9.51. The predicted octanol–water partition coefficient (Wildman–Crippen LogP) is 2.13. The molecule has 0 atom stereocenters. The van der Waals surface area contributed by atoms with Gasteiger partial charge in [-0.25, -0.2) is 9.67 Å². The fraction of sp³-hybridized carbons (Fsp3) is 0.400. The summed E-state index contributed by atoms with van der Waals surface area (Å²) < 4.78 is 3.81. The van der Waals surface area contributed by atoms with Gasteiger partial charge in [-0.05, 0) is 51.0 Å². The van der Waals surface area contributed by atoms with Gasteiger partial charge in [-0.15, -0.1) is 5.10 Å². The molecule has 1 aliphatic heterocycles. The zero-order valence-electron chi connectivity index (χ0n) is 16.2. The maximum atomic E-state index is 12.8. The van der Waals surface area contributed by atoms with Crippen LogP contribution in [0.25, 0.3) is 5.69 Å². The second-order valence-electron chi connectivity index (χ2n) is 7.85. The second kappa shape index (κ2) is 7.20. The molecular formula is C20H25N7O. The Bertz CT molecular complexity index is 930. The molecule has 2 aromatic heterocycles. The van der Waals surface area contributed by atoms with Crippen LogP contribution in [-0.2, 0) is 5.54 Å². The van der Waals surface area contributed by atoms with Gasteiger partial charge in [-0.1, -0.05) is 5.21 Å². The van der Waals surface area contributed by atoms with Gasteiger partial charge in [-0.2, -0.15) is 0 Å². The molecule has 0 unspecified atom stereocenters. The van der Waals surface area contributed by atoms with Crippen LogP contribution in [0.5, 0.6) is 0 Å². The summed E-state index contributed by atoms with van der Waals surface area (Å²) in [7, 11) is 0. The number of hydrogen-bond acceptors (Lipinski definition) is 5. The van der Waals surface area contributed by atoms with Gasteiger partial charge < -0.3 is 15.2 Å². The quantitative estimate of drug-likeness (QED) is 0.749. The Hall–Kier alpha value is -3.00. The first kappa shape index (κ1) is 18.4. The molecule has 1 aromatic carbocycles. The minimum atomic E-state index is -0.502. The van der Waals surface area contributed by atoms with E-state index in [1.54, 1.807) is 12.5 Å². The molecule has 28 heavy (non-hydrogen) atoms. The number of likely N-dealkylation sites (tertiary alicyclic amines) is 1. The first-order chi connectivity index (χ1) is 13.4. The second-order valence-corrected chi connectivity index (χ2v) is 7.85. The van der Waals surface area contributed by atoms with Crippen LogP contribution in [0.1, 0.15) is 48.8 Å². The number of nitrogens with zero attached hydrogens (tertiary/aromatic N) is 6. The van der Waals surface area contributed by atoms with Crippen molar-refractivity contribution < 1.29 is 4.79 Å². The molecule has 1 aliphatic rings. The third-order valence-electron chi connectivity index (χ3n) is 5.21. The van der Waals surface area contributed by atoms with Crippen LogP contribution in [0, 0.1) is 0 Å². The molecule has 0 radical (unpaired) electrons. The Morgan fingerprint density at radius 2 is 1.89 bits per heavy atom. The molecule has 0 saturated carbocycles. The van der Waals surface area contributed by atoms with E-state index >= 15 is 0 Å². The minimum absolute atomic E-state index is 0.0676. The Labute approximate surface area is 164 Å².